The maximum Gasteiger partial charge on any atom is 0.135 e. The smallest absolute Gasteiger partial charge is 0.135 e. The summed E-state index contributed by atoms with van der Waals surface area (Å²) < 4.78 is 24.7. The monoisotopic (exact) mass is 588 g/mol. The van der Waals surface area contributed by atoms with Crippen molar-refractivity contribution in [2.45, 2.75) is 12.2 Å². The molecule has 5 aromatic carbocycles. The van der Waals surface area contributed by atoms with Gasteiger partial charge in [-0.3, -0.25) is 0 Å². The molecule has 6 nitrogen and oxygen atoms in total. The zero-order chi connectivity index (χ0) is 27.0. The molecule has 0 spiro atoms. The van der Waals surface area contributed by atoms with Crippen LogP contribution in [-0.2, 0) is 0 Å². The largest absolute Gasteiger partial charge is 0.491 e. The summed E-state index contributed by atoms with van der Waals surface area (Å²) in [6.45, 7) is 0.315. The summed E-state index contributed by atoms with van der Waals surface area (Å²) >= 11 is 3.57. The average Bonchev–Trinajstić information content (AvgIpc) is 2.97. The van der Waals surface area contributed by atoms with E-state index < -0.39 is 12.2 Å². The lowest BCUT2D eigenvalue weighted by Gasteiger charge is -2.20. The van der Waals surface area contributed by atoms with Gasteiger partial charge >= 0.3 is 0 Å². The predicted octanol–water partition coefficient (Wildman–Crippen LogP) is 6.39. The number of aliphatic hydroxyl groups is 2. The number of rotatable bonds is 12. The zero-order valence-corrected chi connectivity index (χ0v) is 22.8. The molecule has 5 rings (SSSR count). The number of ether oxygens (including phenoxy) is 4. The Morgan fingerprint density at radius 1 is 0.487 bits per heavy atom. The molecule has 7 heteroatoms. The molecule has 5 aromatic rings. The summed E-state index contributed by atoms with van der Waals surface area (Å²) in [5.41, 5.74) is 0. The van der Waals surface area contributed by atoms with Gasteiger partial charge in [-0.1, -0.05) is 76.6 Å². The second kappa shape index (κ2) is 12.8. The molecule has 0 heterocycles. The van der Waals surface area contributed by atoms with Crippen molar-refractivity contribution in [3.8, 4) is 23.0 Å². The number of benzene rings is 5. The molecule has 0 aliphatic carbocycles. The average molecular weight is 589 g/mol. The number of fused-ring (bicyclic) bond motifs is 2. The molecule has 0 bridgehead atoms. The molecule has 0 aliphatic rings. The molecule has 0 radical (unpaired) electrons. The lowest BCUT2D eigenvalue weighted by molar-refractivity contribution is 0.0629. The summed E-state index contributed by atoms with van der Waals surface area (Å²) in [6, 6.07) is 32.4. The van der Waals surface area contributed by atoms with E-state index in [1.165, 1.54) is 0 Å². The van der Waals surface area contributed by atoms with E-state index in [0.717, 1.165) is 26.0 Å². The Labute approximate surface area is 235 Å². The molecule has 0 aliphatic heterocycles. The van der Waals surface area contributed by atoms with Crippen LogP contribution in [0, 0.1) is 0 Å². The SMILES string of the molecule is OC(COc1ccccc1)COc1c2ccccc2c(OCC(O)COc2ccccc2)c2cc(Br)ccc12. The fourth-order valence-corrected chi connectivity index (χ4v) is 4.62. The Bertz CT molecular complexity index is 1510. The number of halogens is 1. The predicted molar refractivity (Wildman–Crippen MR) is 156 cm³/mol. The molecule has 0 saturated carbocycles. The fraction of sp³-hybridized carbons (Fsp3) is 0.188. The van der Waals surface area contributed by atoms with E-state index in [1.807, 2.05) is 103 Å². The van der Waals surface area contributed by atoms with E-state index in [2.05, 4.69) is 15.9 Å². The molecule has 0 saturated heterocycles. The lowest BCUT2D eigenvalue weighted by atomic mass is 10.0. The Hall–Kier alpha value is -3.78. The van der Waals surface area contributed by atoms with Gasteiger partial charge < -0.3 is 29.2 Å². The Balaban J connectivity index is 1.36. The standard InChI is InChI=1S/C32H29BrO6/c33-22-15-16-29-30(17-22)32(39-21-24(35)19-37-26-11-5-2-6-12-26)28-14-8-7-13-27(28)31(29)38-20-23(34)18-36-25-9-3-1-4-10-25/h1-17,23-24,34-35H,18-21H2. The van der Waals surface area contributed by atoms with Crippen molar-refractivity contribution < 1.29 is 29.2 Å². The third kappa shape index (κ3) is 6.81. The molecule has 0 amide bonds. The second-order valence-electron chi connectivity index (χ2n) is 9.07. The fourth-order valence-electron chi connectivity index (χ4n) is 4.26. The van der Waals surface area contributed by atoms with Crippen LogP contribution in [0.2, 0.25) is 0 Å². The van der Waals surface area contributed by atoms with Gasteiger partial charge in [0.15, 0.2) is 0 Å². The molecule has 2 atom stereocenters. The first-order chi connectivity index (χ1) is 19.1. The van der Waals surface area contributed by atoms with Gasteiger partial charge in [0.25, 0.3) is 0 Å². The van der Waals surface area contributed by atoms with Crippen molar-refractivity contribution in [1.82, 2.24) is 0 Å². The van der Waals surface area contributed by atoms with Crippen LogP contribution in [-0.4, -0.2) is 48.8 Å². The molecule has 2 unspecified atom stereocenters. The molecule has 0 aromatic heterocycles. The topological polar surface area (TPSA) is 77.4 Å². The highest BCUT2D eigenvalue weighted by Gasteiger charge is 2.19. The Morgan fingerprint density at radius 2 is 0.897 bits per heavy atom. The third-order valence-corrected chi connectivity index (χ3v) is 6.59. The lowest BCUT2D eigenvalue weighted by Crippen LogP contribution is -2.25. The number of aliphatic hydroxyl groups excluding tert-OH is 2. The van der Waals surface area contributed by atoms with Crippen LogP contribution < -0.4 is 18.9 Å². The van der Waals surface area contributed by atoms with Gasteiger partial charge in [0, 0.05) is 26.0 Å². The first-order valence-corrected chi connectivity index (χ1v) is 13.5. The highest BCUT2D eigenvalue weighted by atomic mass is 79.9. The molecule has 0 fully saturated rings. The van der Waals surface area contributed by atoms with Gasteiger partial charge in [-0.05, 0) is 42.5 Å². The normalized spacial score (nSPS) is 12.7. The van der Waals surface area contributed by atoms with Gasteiger partial charge in [-0.2, -0.15) is 0 Å². The minimum atomic E-state index is -0.832. The molecule has 39 heavy (non-hydrogen) atoms. The van der Waals surface area contributed by atoms with Gasteiger partial charge in [0.2, 0.25) is 0 Å². The number of hydrogen-bond acceptors (Lipinski definition) is 6. The van der Waals surface area contributed by atoms with Crippen molar-refractivity contribution in [1.29, 1.82) is 0 Å². The summed E-state index contributed by atoms with van der Waals surface area (Å²) in [5, 5.41) is 24.5. The van der Waals surface area contributed by atoms with Crippen LogP contribution in [0.1, 0.15) is 0 Å². The minimum Gasteiger partial charge on any atom is -0.491 e. The van der Waals surface area contributed by atoms with Crippen LogP contribution >= 0.6 is 15.9 Å². The summed E-state index contributed by atoms with van der Waals surface area (Å²) in [7, 11) is 0. The highest BCUT2D eigenvalue weighted by molar-refractivity contribution is 9.10. The van der Waals surface area contributed by atoms with Crippen LogP contribution in [0.15, 0.2) is 108 Å². The van der Waals surface area contributed by atoms with E-state index >= 15 is 0 Å². The Morgan fingerprint density at radius 3 is 1.41 bits per heavy atom. The van der Waals surface area contributed by atoms with Crippen molar-refractivity contribution in [3.05, 3.63) is 108 Å². The number of hydrogen-bond donors (Lipinski definition) is 2. The van der Waals surface area contributed by atoms with Crippen molar-refractivity contribution >= 4 is 37.5 Å². The summed E-state index contributed by atoms with van der Waals surface area (Å²) in [5.74, 6) is 2.66. The first kappa shape index (κ1) is 26.8. The van der Waals surface area contributed by atoms with Crippen LogP contribution in [0.4, 0.5) is 0 Å². The quantitative estimate of drug-likeness (QED) is 0.164. The molecule has 200 valence electrons. The van der Waals surface area contributed by atoms with Crippen LogP contribution in [0.5, 0.6) is 23.0 Å². The third-order valence-electron chi connectivity index (χ3n) is 6.10. The van der Waals surface area contributed by atoms with Crippen molar-refractivity contribution in [2.75, 3.05) is 26.4 Å². The van der Waals surface area contributed by atoms with Gasteiger partial charge in [0.1, 0.15) is 61.6 Å². The summed E-state index contributed by atoms with van der Waals surface area (Å²) in [6.07, 6.45) is -1.66. The minimum absolute atomic E-state index is 0.0498. The Kier molecular flexibility index (Phi) is 8.83. The number of para-hydroxylation sites is 2. The first-order valence-electron chi connectivity index (χ1n) is 12.7. The van der Waals surface area contributed by atoms with Gasteiger partial charge in [-0.15, -0.1) is 0 Å². The van der Waals surface area contributed by atoms with Crippen molar-refractivity contribution in [2.24, 2.45) is 0 Å². The van der Waals surface area contributed by atoms with E-state index in [1.54, 1.807) is 0 Å². The van der Waals surface area contributed by atoms with Gasteiger partial charge in [0.05, 0.1) is 0 Å². The van der Waals surface area contributed by atoms with Crippen LogP contribution in [0.3, 0.4) is 0 Å². The maximum absolute atomic E-state index is 10.6. The van der Waals surface area contributed by atoms with Crippen LogP contribution in [0.25, 0.3) is 21.5 Å². The highest BCUT2D eigenvalue weighted by Crippen LogP contribution is 2.43. The van der Waals surface area contributed by atoms with Gasteiger partial charge in [-0.25, -0.2) is 0 Å². The van der Waals surface area contributed by atoms with E-state index in [-0.39, 0.29) is 26.4 Å². The molecule has 2 N–H and O–H groups in total. The maximum atomic E-state index is 10.6. The second-order valence-corrected chi connectivity index (χ2v) is 9.99. The summed E-state index contributed by atoms with van der Waals surface area (Å²) in [4.78, 5) is 0. The zero-order valence-electron chi connectivity index (χ0n) is 21.2. The van der Waals surface area contributed by atoms with E-state index in [0.29, 0.717) is 23.0 Å². The van der Waals surface area contributed by atoms with E-state index in [9.17, 15) is 10.2 Å². The molecular weight excluding hydrogens is 560 g/mol. The molecular formula is C32H29BrO6. The van der Waals surface area contributed by atoms with E-state index in [4.69, 9.17) is 18.9 Å². The van der Waals surface area contributed by atoms with Crippen molar-refractivity contribution in [3.63, 3.8) is 0 Å².